The van der Waals surface area contributed by atoms with Crippen molar-refractivity contribution in [2.75, 3.05) is 19.6 Å². The van der Waals surface area contributed by atoms with E-state index in [-0.39, 0.29) is 31.2 Å². The minimum absolute atomic E-state index is 0.0171. The quantitative estimate of drug-likeness (QED) is 0.0843. The number of benzene rings is 1. The summed E-state index contributed by atoms with van der Waals surface area (Å²) in [4.78, 5) is 98.6. The Labute approximate surface area is 353 Å². The number of hydrazine groups is 1. The predicted molar refractivity (Wildman–Crippen MR) is 224 cm³/mol. The van der Waals surface area contributed by atoms with Gasteiger partial charge in [-0.05, 0) is 37.3 Å². The molecule has 2 saturated heterocycles. The highest BCUT2D eigenvalue weighted by Gasteiger charge is 2.50. The number of aromatic nitrogens is 3. The first kappa shape index (κ1) is 45.0. The summed E-state index contributed by atoms with van der Waals surface area (Å²) in [5, 5.41) is 25.5. The van der Waals surface area contributed by atoms with Gasteiger partial charge in [-0.15, -0.1) is 0 Å². The summed E-state index contributed by atoms with van der Waals surface area (Å²) in [6.07, 6.45) is 8.90. The standard InChI is InChI=1S/C42H60N10O9/c1-3-4-5-11-17-44-37(56)32(20-27-23-45-30-15-10-9-14-29(27)30)47-41(59)46-31(19-26-12-7-6-8-13-26)38(57)49-36-25(2)52(35(55)22-43)51(39(36)58)24-28-21-33(53)40(61-28)50-18-16-34(54)48-42(50)60/h9-10,14-16,18,23,25-26,28,31-33,36,40,45,53H,3-8,11-13,17,19-22,24,43H2,1-2H3,(H,44,56)(H,49,57)(H2,46,47,59)(H,48,54,60)/t25-,28+,31-,32-,33+,36-,40+/m0/s1. The van der Waals surface area contributed by atoms with Gasteiger partial charge >= 0.3 is 11.7 Å². The number of hydrogen-bond donors (Lipinski definition) is 8. The highest BCUT2D eigenvalue weighted by Crippen LogP contribution is 2.31. The maximum Gasteiger partial charge on any atom is 0.330 e. The highest BCUT2D eigenvalue weighted by molar-refractivity contribution is 5.96. The van der Waals surface area contributed by atoms with Gasteiger partial charge < -0.3 is 41.8 Å². The Balaban J connectivity index is 1.17. The van der Waals surface area contributed by atoms with Crippen LogP contribution in [0, 0.1) is 5.92 Å². The second-order valence-electron chi connectivity index (χ2n) is 16.4. The summed E-state index contributed by atoms with van der Waals surface area (Å²) >= 11 is 0. The van der Waals surface area contributed by atoms with Crippen LogP contribution in [0.3, 0.4) is 0 Å². The van der Waals surface area contributed by atoms with Crippen LogP contribution < -0.4 is 38.2 Å². The second-order valence-corrected chi connectivity index (χ2v) is 16.4. The molecule has 19 heteroatoms. The molecule has 3 fully saturated rings. The van der Waals surface area contributed by atoms with Gasteiger partial charge in [-0.25, -0.2) is 19.6 Å². The molecule has 2 aromatic heterocycles. The van der Waals surface area contributed by atoms with E-state index in [4.69, 9.17) is 10.5 Å². The molecule has 1 saturated carbocycles. The Morgan fingerprint density at radius 3 is 2.48 bits per heavy atom. The number of aromatic amines is 2. The van der Waals surface area contributed by atoms with Crippen LogP contribution in [0.1, 0.15) is 96.3 Å². The Bertz CT molecular complexity index is 2130. The minimum atomic E-state index is -1.24. The maximum atomic E-state index is 14.3. The Morgan fingerprint density at radius 1 is 0.984 bits per heavy atom. The van der Waals surface area contributed by atoms with Crippen LogP contribution in [0.4, 0.5) is 4.79 Å². The van der Waals surface area contributed by atoms with Crippen molar-refractivity contribution in [1.82, 2.24) is 45.8 Å². The number of aliphatic hydroxyl groups excluding tert-OH is 1. The number of urea groups is 1. The Kier molecular flexibility index (Phi) is 15.4. The molecule has 9 N–H and O–H groups in total. The number of fused-ring (bicyclic) bond motifs is 1. The molecule has 1 aliphatic carbocycles. The lowest BCUT2D eigenvalue weighted by atomic mass is 9.84. The van der Waals surface area contributed by atoms with Crippen LogP contribution >= 0.6 is 0 Å². The summed E-state index contributed by atoms with van der Waals surface area (Å²) in [6, 6.07) is 3.88. The normalized spacial score (nSPS) is 22.9. The van der Waals surface area contributed by atoms with E-state index >= 15 is 0 Å². The summed E-state index contributed by atoms with van der Waals surface area (Å²) in [5.41, 5.74) is 6.09. The van der Waals surface area contributed by atoms with Gasteiger partial charge in [0.25, 0.3) is 17.4 Å². The molecule has 0 unspecified atom stereocenters. The molecule has 6 amide bonds. The van der Waals surface area contributed by atoms with Gasteiger partial charge in [0.2, 0.25) is 11.8 Å². The second kappa shape index (κ2) is 20.8. The molecule has 1 aromatic carbocycles. The molecule has 19 nitrogen and oxygen atoms in total. The zero-order chi connectivity index (χ0) is 43.6. The summed E-state index contributed by atoms with van der Waals surface area (Å²) in [5.74, 6) is -2.11. The zero-order valence-corrected chi connectivity index (χ0v) is 34.9. The van der Waals surface area contributed by atoms with Crippen molar-refractivity contribution in [3.8, 4) is 0 Å². The Morgan fingerprint density at radius 2 is 1.74 bits per heavy atom. The van der Waals surface area contributed by atoms with Crippen molar-refractivity contribution in [3.63, 3.8) is 0 Å². The molecule has 0 radical (unpaired) electrons. The topological polar surface area (TPSA) is 266 Å². The van der Waals surface area contributed by atoms with Gasteiger partial charge in [0.1, 0.15) is 24.2 Å². The third-order valence-corrected chi connectivity index (χ3v) is 12.0. The average Bonchev–Trinajstić information content (AvgIpc) is 3.89. The fraction of sp³-hybridized carbons (Fsp3) is 0.595. The number of hydrogen-bond acceptors (Lipinski definition) is 10. The fourth-order valence-electron chi connectivity index (χ4n) is 8.78. The van der Waals surface area contributed by atoms with E-state index in [9.17, 15) is 38.7 Å². The fourth-order valence-corrected chi connectivity index (χ4v) is 8.78. The van der Waals surface area contributed by atoms with Crippen molar-refractivity contribution in [3.05, 3.63) is 69.1 Å². The molecule has 6 rings (SSSR count). The molecular weight excluding hydrogens is 789 g/mol. The number of carbonyl (C=O) groups is 5. The van der Waals surface area contributed by atoms with Crippen LogP contribution in [0.15, 0.2) is 52.3 Å². The lowest BCUT2D eigenvalue weighted by molar-refractivity contribution is -0.159. The summed E-state index contributed by atoms with van der Waals surface area (Å²) in [6.45, 7) is 3.48. The van der Waals surface area contributed by atoms with E-state index in [0.29, 0.717) is 13.0 Å². The van der Waals surface area contributed by atoms with Crippen molar-refractivity contribution in [2.45, 2.75) is 134 Å². The highest BCUT2D eigenvalue weighted by atomic mass is 16.5. The number of nitrogens with two attached hydrogens (primary N) is 1. The third kappa shape index (κ3) is 11.1. The number of unbranched alkanes of at least 4 members (excludes halogenated alkanes) is 3. The van der Waals surface area contributed by atoms with Gasteiger partial charge in [-0.1, -0.05) is 76.5 Å². The van der Waals surface area contributed by atoms with E-state index in [1.165, 1.54) is 6.20 Å². The maximum absolute atomic E-state index is 14.3. The van der Waals surface area contributed by atoms with Crippen molar-refractivity contribution in [1.29, 1.82) is 0 Å². The van der Waals surface area contributed by atoms with Gasteiger partial charge in [0.15, 0.2) is 6.23 Å². The summed E-state index contributed by atoms with van der Waals surface area (Å²) < 4.78 is 7.00. The molecule has 2 aliphatic heterocycles. The van der Waals surface area contributed by atoms with Crippen LogP contribution in [0.25, 0.3) is 10.9 Å². The first-order valence-corrected chi connectivity index (χ1v) is 21.6. The number of rotatable bonds is 18. The molecule has 61 heavy (non-hydrogen) atoms. The van der Waals surface area contributed by atoms with Gasteiger partial charge in [-0.3, -0.25) is 33.5 Å². The van der Waals surface area contributed by atoms with Crippen LogP contribution in [0.2, 0.25) is 0 Å². The molecular formula is C42H60N10O9. The first-order chi connectivity index (χ1) is 29.4. The lowest BCUT2D eigenvalue weighted by Crippen LogP contribution is -2.58. The molecule has 4 heterocycles. The number of ether oxygens (including phenoxy) is 1. The number of carbonyl (C=O) groups excluding carboxylic acids is 5. The smallest absolute Gasteiger partial charge is 0.330 e. The average molecular weight is 849 g/mol. The monoisotopic (exact) mass is 848 g/mol. The van der Waals surface area contributed by atoms with Crippen molar-refractivity contribution < 1.29 is 33.8 Å². The van der Waals surface area contributed by atoms with Gasteiger partial charge in [0, 0.05) is 48.7 Å². The first-order valence-electron chi connectivity index (χ1n) is 21.6. The summed E-state index contributed by atoms with van der Waals surface area (Å²) in [7, 11) is 0. The van der Waals surface area contributed by atoms with E-state index in [2.05, 4.69) is 38.2 Å². The van der Waals surface area contributed by atoms with Gasteiger partial charge in [-0.2, -0.15) is 0 Å². The number of amides is 6. The van der Waals surface area contributed by atoms with E-state index in [1.54, 1.807) is 6.92 Å². The number of para-hydroxylation sites is 1. The molecule has 332 valence electrons. The number of nitrogens with zero attached hydrogens (tertiary/aromatic N) is 3. The third-order valence-electron chi connectivity index (χ3n) is 12.0. The molecule has 0 bridgehead atoms. The van der Waals surface area contributed by atoms with Crippen molar-refractivity contribution >= 4 is 40.6 Å². The number of H-pyrrole nitrogens is 2. The minimum Gasteiger partial charge on any atom is -0.388 e. The van der Waals surface area contributed by atoms with Crippen LogP contribution in [-0.4, -0.2) is 115 Å². The Hall–Kier alpha value is -5.53. The SMILES string of the molecule is CCCCCCNC(=O)[C@H](Cc1c[nH]c2ccccc12)NC(=O)N[C@@H](CC1CCCCC1)C(=O)N[C@@H]1C(=O)N(C[C@H]2C[C@@H](O)[C@H](n3ccc(=O)[nH]c3=O)O2)N(C(=O)CN)[C@H]1C. The van der Waals surface area contributed by atoms with Crippen molar-refractivity contribution in [2.24, 2.45) is 11.7 Å². The van der Waals surface area contributed by atoms with E-state index in [0.717, 1.165) is 94.9 Å². The van der Waals surface area contributed by atoms with E-state index in [1.807, 2.05) is 30.5 Å². The molecule has 3 aromatic rings. The predicted octanol–water partition coefficient (Wildman–Crippen LogP) is 1.03. The molecule has 7 atom stereocenters. The zero-order valence-electron chi connectivity index (χ0n) is 34.9. The number of aliphatic hydroxyl groups is 1. The molecule has 0 spiro atoms. The van der Waals surface area contributed by atoms with E-state index < -0.39 is 84.1 Å². The largest absolute Gasteiger partial charge is 0.388 e. The van der Waals surface area contributed by atoms with Crippen LogP contribution in [0.5, 0.6) is 0 Å². The molecule has 3 aliphatic rings. The number of nitrogens with one attached hydrogen (secondary N) is 6. The lowest BCUT2D eigenvalue weighted by Gasteiger charge is -2.32. The van der Waals surface area contributed by atoms with Gasteiger partial charge in [0.05, 0.1) is 25.2 Å². The van der Waals surface area contributed by atoms with Crippen LogP contribution in [-0.2, 0) is 30.3 Å².